The molecule has 7 heteroatoms. The van der Waals surface area contributed by atoms with Crippen molar-refractivity contribution >= 4 is 5.91 Å². The van der Waals surface area contributed by atoms with Gasteiger partial charge in [0.2, 0.25) is 0 Å². The highest BCUT2D eigenvalue weighted by Crippen LogP contribution is 2.25. The van der Waals surface area contributed by atoms with E-state index >= 15 is 0 Å². The van der Waals surface area contributed by atoms with Crippen molar-refractivity contribution in [3.05, 3.63) is 59.7 Å². The molecule has 1 saturated heterocycles. The summed E-state index contributed by atoms with van der Waals surface area (Å²) in [6.45, 7) is 0.554. The first-order chi connectivity index (χ1) is 11.6. The maximum absolute atomic E-state index is 13.9. The average Bonchev–Trinajstić information content (AvgIpc) is 2.64. The van der Waals surface area contributed by atoms with E-state index < -0.39 is 5.60 Å². The molecule has 0 radical (unpaired) electrons. The van der Waals surface area contributed by atoms with Crippen LogP contribution in [0.1, 0.15) is 15.9 Å². The second kappa shape index (κ2) is 7.02. The van der Waals surface area contributed by atoms with Gasteiger partial charge in [0.15, 0.2) is 0 Å². The molecule has 1 aromatic carbocycles. The number of hydrogen-bond acceptors (Lipinski definition) is 5. The van der Waals surface area contributed by atoms with Gasteiger partial charge in [0.1, 0.15) is 11.4 Å². The maximum atomic E-state index is 13.9. The lowest BCUT2D eigenvalue weighted by Gasteiger charge is -2.42. The van der Waals surface area contributed by atoms with Gasteiger partial charge in [-0.15, -0.1) is 0 Å². The zero-order valence-electron chi connectivity index (χ0n) is 13.1. The maximum Gasteiger partial charge on any atom is 0.255 e. The number of amides is 1. The topological polar surface area (TPSA) is 75.6 Å². The summed E-state index contributed by atoms with van der Waals surface area (Å²) in [4.78, 5) is 14.2. The van der Waals surface area contributed by atoms with Gasteiger partial charge in [-0.1, -0.05) is 18.2 Å². The fourth-order valence-electron chi connectivity index (χ4n) is 2.87. The molecule has 126 valence electrons. The SMILES string of the molecule is O=C(c1ccnnc1)N1CCO[C@](CO)(Cc2ccccc2F)C1. The van der Waals surface area contributed by atoms with E-state index in [-0.39, 0.29) is 37.9 Å². The first-order valence-electron chi connectivity index (χ1n) is 7.68. The van der Waals surface area contributed by atoms with Crippen molar-refractivity contribution in [1.82, 2.24) is 15.1 Å². The van der Waals surface area contributed by atoms with Crippen LogP contribution in [0.3, 0.4) is 0 Å². The molecule has 1 aromatic heterocycles. The van der Waals surface area contributed by atoms with Crippen LogP contribution < -0.4 is 0 Å². The molecule has 1 amide bonds. The number of hydrogen-bond donors (Lipinski definition) is 1. The van der Waals surface area contributed by atoms with Crippen LogP contribution in [0.25, 0.3) is 0 Å². The Morgan fingerprint density at radius 3 is 2.88 bits per heavy atom. The highest BCUT2D eigenvalue weighted by Gasteiger charge is 2.39. The Morgan fingerprint density at radius 1 is 1.33 bits per heavy atom. The van der Waals surface area contributed by atoms with Crippen LogP contribution in [0.2, 0.25) is 0 Å². The van der Waals surface area contributed by atoms with Gasteiger partial charge >= 0.3 is 0 Å². The van der Waals surface area contributed by atoms with Crippen LogP contribution in [0.4, 0.5) is 4.39 Å². The molecule has 1 aliphatic rings. The molecule has 1 atom stereocenters. The Labute approximate surface area is 138 Å². The molecule has 2 aromatic rings. The van der Waals surface area contributed by atoms with Crippen molar-refractivity contribution in [3.8, 4) is 0 Å². The summed E-state index contributed by atoms with van der Waals surface area (Å²) in [7, 11) is 0. The normalized spacial score (nSPS) is 20.8. The second-order valence-corrected chi connectivity index (χ2v) is 5.82. The molecule has 0 unspecified atom stereocenters. The number of aliphatic hydroxyl groups is 1. The lowest BCUT2D eigenvalue weighted by Crippen LogP contribution is -2.56. The van der Waals surface area contributed by atoms with Crippen LogP contribution in [0.5, 0.6) is 0 Å². The number of nitrogens with zero attached hydrogens (tertiary/aromatic N) is 3. The molecule has 0 bridgehead atoms. The summed E-state index contributed by atoms with van der Waals surface area (Å²) in [5, 5.41) is 17.2. The molecule has 1 N–H and O–H groups in total. The quantitative estimate of drug-likeness (QED) is 0.907. The minimum atomic E-state index is -1.02. The summed E-state index contributed by atoms with van der Waals surface area (Å²) in [6, 6.07) is 7.96. The third-order valence-electron chi connectivity index (χ3n) is 4.13. The predicted octanol–water partition coefficient (Wildman–Crippen LogP) is 1.06. The van der Waals surface area contributed by atoms with E-state index in [0.29, 0.717) is 17.7 Å². The van der Waals surface area contributed by atoms with E-state index in [1.807, 2.05) is 0 Å². The highest BCUT2D eigenvalue weighted by molar-refractivity contribution is 5.93. The summed E-state index contributed by atoms with van der Waals surface area (Å²) in [6.07, 6.45) is 3.04. The van der Waals surface area contributed by atoms with Crippen LogP contribution in [-0.2, 0) is 11.2 Å². The standard InChI is InChI=1S/C17H18FN3O3/c18-15-4-2-1-3-13(15)9-17(12-22)11-21(7-8-24-17)16(23)14-5-6-19-20-10-14/h1-6,10,22H,7-9,11-12H2/t17-/m1/s1. The van der Waals surface area contributed by atoms with Gasteiger partial charge in [-0.2, -0.15) is 10.2 Å². The Morgan fingerprint density at radius 2 is 2.17 bits per heavy atom. The molecule has 6 nitrogen and oxygen atoms in total. The number of ether oxygens (including phenoxy) is 1. The zero-order chi connectivity index (χ0) is 17.0. The van der Waals surface area contributed by atoms with E-state index in [0.717, 1.165) is 0 Å². The minimum Gasteiger partial charge on any atom is -0.393 e. The van der Waals surface area contributed by atoms with Gasteiger partial charge in [-0.05, 0) is 17.7 Å². The molecular formula is C17H18FN3O3. The largest absolute Gasteiger partial charge is 0.393 e. The van der Waals surface area contributed by atoms with Crippen molar-refractivity contribution in [2.24, 2.45) is 0 Å². The fraction of sp³-hybridized carbons (Fsp3) is 0.353. The second-order valence-electron chi connectivity index (χ2n) is 5.82. The van der Waals surface area contributed by atoms with Crippen molar-refractivity contribution in [2.45, 2.75) is 12.0 Å². The smallest absolute Gasteiger partial charge is 0.255 e. The van der Waals surface area contributed by atoms with Crippen molar-refractivity contribution in [1.29, 1.82) is 0 Å². The summed E-state index contributed by atoms with van der Waals surface area (Å²) >= 11 is 0. The van der Waals surface area contributed by atoms with Gasteiger partial charge in [-0.25, -0.2) is 4.39 Å². The number of benzene rings is 1. The summed E-state index contributed by atoms with van der Waals surface area (Å²) < 4.78 is 19.7. The molecular weight excluding hydrogens is 313 g/mol. The van der Waals surface area contributed by atoms with Crippen LogP contribution >= 0.6 is 0 Å². The van der Waals surface area contributed by atoms with Crippen molar-refractivity contribution in [3.63, 3.8) is 0 Å². The predicted molar refractivity (Wildman–Crippen MR) is 83.8 cm³/mol. The van der Waals surface area contributed by atoms with Crippen molar-refractivity contribution < 1.29 is 19.0 Å². The number of halogens is 1. The highest BCUT2D eigenvalue weighted by atomic mass is 19.1. The molecule has 2 heterocycles. The Bertz CT molecular complexity index is 713. The summed E-state index contributed by atoms with van der Waals surface area (Å²) in [5.74, 6) is -0.560. The first kappa shape index (κ1) is 16.5. The Kier molecular flexibility index (Phi) is 4.82. The first-order valence-corrected chi connectivity index (χ1v) is 7.68. The molecule has 0 saturated carbocycles. The average molecular weight is 331 g/mol. The van der Waals surface area contributed by atoms with Crippen LogP contribution in [-0.4, -0.2) is 58.0 Å². The number of carbonyl (C=O) groups excluding carboxylic acids is 1. The van der Waals surface area contributed by atoms with E-state index in [1.165, 1.54) is 18.5 Å². The molecule has 3 rings (SSSR count). The van der Waals surface area contributed by atoms with Crippen LogP contribution in [0, 0.1) is 5.82 Å². The Balaban J connectivity index is 1.79. The fourth-order valence-corrected chi connectivity index (χ4v) is 2.87. The molecule has 1 aliphatic heterocycles. The minimum absolute atomic E-state index is 0.180. The van der Waals surface area contributed by atoms with E-state index in [2.05, 4.69) is 10.2 Å². The third kappa shape index (κ3) is 3.42. The van der Waals surface area contributed by atoms with Crippen molar-refractivity contribution in [2.75, 3.05) is 26.3 Å². The van der Waals surface area contributed by atoms with Gasteiger partial charge in [-0.3, -0.25) is 4.79 Å². The van der Waals surface area contributed by atoms with Gasteiger partial charge < -0.3 is 14.7 Å². The number of carbonyl (C=O) groups is 1. The summed E-state index contributed by atoms with van der Waals surface area (Å²) in [5.41, 5.74) is -0.146. The lowest BCUT2D eigenvalue weighted by atomic mass is 9.92. The van der Waals surface area contributed by atoms with Gasteiger partial charge in [0.25, 0.3) is 5.91 Å². The number of morpholine rings is 1. The van der Waals surface area contributed by atoms with Crippen LogP contribution in [0.15, 0.2) is 42.7 Å². The Hall–Kier alpha value is -2.38. The van der Waals surface area contributed by atoms with E-state index in [4.69, 9.17) is 4.74 Å². The van der Waals surface area contributed by atoms with Gasteiger partial charge in [0.05, 0.1) is 37.7 Å². The zero-order valence-corrected chi connectivity index (χ0v) is 13.1. The monoisotopic (exact) mass is 331 g/mol. The lowest BCUT2D eigenvalue weighted by molar-refractivity contribution is -0.123. The van der Waals surface area contributed by atoms with E-state index in [9.17, 15) is 14.3 Å². The third-order valence-corrected chi connectivity index (χ3v) is 4.13. The molecule has 1 fully saturated rings. The van der Waals surface area contributed by atoms with Gasteiger partial charge in [0, 0.05) is 13.0 Å². The van der Waals surface area contributed by atoms with E-state index in [1.54, 1.807) is 29.2 Å². The molecule has 24 heavy (non-hydrogen) atoms. The number of rotatable bonds is 4. The number of aromatic nitrogens is 2. The molecule has 0 spiro atoms. The molecule has 0 aliphatic carbocycles. The number of aliphatic hydroxyl groups excluding tert-OH is 1.